The Bertz CT molecular complexity index is 719. The van der Waals surface area contributed by atoms with Gasteiger partial charge in [0, 0.05) is 17.8 Å². The summed E-state index contributed by atoms with van der Waals surface area (Å²) in [6.45, 7) is -0.0242. The lowest BCUT2D eigenvalue weighted by Gasteiger charge is -2.11. The number of rotatable bonds is 4. The first-order valence-corrected chi connectivity index (χ1v) is 6.91. The van der Waals surface area contributed by atoms with Crippen LogP contribution in [0, 0.1) is 5.82 Å². The monoisotopic (exact) mass is 346 g/mol. The number of nitrogens with one attached hydrogen (secondary N) is 1. The molecule has 0 radical (unpaired) electrons. The molecule has 0 fully saturated rings. The van der Waals surface area contributed by atoms with Crippen LogP contribution in [0.1, 0.15) is 21.6 Å². The summed E-state index contributed by atoms with van der Waals surface area (Å²) >= 11 is 5.62. The van der Waals surface area contributed by atoms with E-state index in [1.807, 2.05) is 0 Å². The van der Waals surface area contributed by atoms with Crippen molar-refractivity contribution in [2.24, 2.45) is 0 Å². The molecule has 0 saturated heterocycles. The van der Waals surface area contributed by atoms with Gasteiger partial charge in [-0.1, -0.05) is 17.7 Å². The van der Waals surface area contributed by atoms with Crippen LogP contribution in [0.2, 0.25) is 5.02 Å². The lowest BCUT2D eigenvalue weighted by Crippen LogP contribution is -2.28. The number of amides is 1. The predicted molar refractivity (Wildman–Crippen MR) is 76.7 cm³/mol. The van der Waals surface area contributed by atoms with Gasteiger partial charge in [-0.05, 0) is 36.2 Å². The molecule has 8 heteroatoms. The molecule has 2 rings (SSSR count). The normalized spacial score (nSPS) is 11.3. The van der Waals surface area contributed by atoms with Crippen LogP contribution in [-0.4, -0.2) is 17.4 Å². The molecule has 0 aliphatic carbocycles. The van der Waals surface area contributed by atoms with E-state index in [2.05, 4.69) is 10.3 Å². The molecule has 0 unspecified atom stereocenters. The van der Waals surface area contributed by atoms with Gasteiger partial charge in [0.2, 0.25) is 0 Å². The maximum absolute atomic E-state index is 13.6. The Kier molecular flexibility index (Phi) is 5.20. The molecule has 2 aromatic rings. The van der Waals surface area contributed by atoms with Crippen LogP contribution in [0.25, 0.3) is 0 Å². The minimum absolute atomic E-state index is 0.0242. The third-order valence-electron chi connectivity index (χ3n) is 3.02. The van der Waals surface area contributed by atoms with Gasteiger partial charge in [0.15, 0.2) is 5.69 Å². The van der Waals surface area contributed by atoms with Crippen molar-refractivity contribution in [3.05, 3.63) is 64.2 Å². The van der Waals surface area contributed by atoms with E-state index in [0.29, 0.717) is 5.56 Å². The molecule has 1 aromatic carbocycles. The van der Waals surface area contributed by atoms with Crippen LogP contribution in [0.3, 0.4) is 0 Å². The summed E-state index contributed by atoms with van der Waals surface area (Å²) in [5.41, 5.74) is -1.52. The Balaban J connectivity index is 2.03. The zero-order chi connectivity index (χ0) is 17.0. The number of benzene rings is 1. The topological polar surface area (TPSA) is 42.0 Å². The molecule has 23 heavy (non-hydrogen) atoms. The Morgan fingerprint density at radius 1 is 1.26 bits per heavy atom. The average molecular weight is 347 g/mol. The Hall–Kier alpha value is -2.15. The SMILES string of the molecule is O=C(NCCc1ccc(Cl)cc1F)c1cccnc1C(F)(F)F. The quantitative estimate of drug-likeness (QED) is 0.854. The van der Waals surface area contributed by atoms with Gasteiger partial charge in [0.05, 0.1) is 5.56 Å². The van der Waals surface area contributed by atoms with Crippen LogP contribution >= 0.6 is 11.6 Å². The zero-order valence-electron chi connectivity index (χ0n) is 11.6. The summed E-state index contributed by atoms with van der Waals surface area (Å²) in [4.78, 5) is 15.1. The van der Waals surface area contributed by atoms with Crippen LogP contribution in [0.5, 0.6) is 0 Å². The van der Waals surface area contributed by atoms with Gasteiger partial charge >= 0.3 is 6.18 Å². The molecule has 0 saturated carbocycles. The first kappa shape index (κ1) is 17.2. The minimum Gasteiger partial charge on any atom is -0.352 e. The summed E-state index contributed by atoms with van der Waals surface area (Å²) < 4.78 is 51.9. The van der Waals surface area contributed by atoms with Gasteiger partial charge in [0.1, 0.15) is 5.82 Å². The smallest absolute Gasteiger partial charge is 0.352 e. The third kappa shape index (κ3) is 4.41. The maximum atomic E-state index is 13.6. The molecule has 1 heterocycles. The van der Waals surface area contributed by atoms with E-state index >= 15 is 0 Å². The number of carbonyl (C=O) groups excluding carboxylic acids is 1. The van der Waals surface area contributed by atoms with Crippen molar-refractivity contribution in [2.75, 3.05) is 6.54 Å². The standard InChI is InChI=1S/C15H11ClF4N2O/c16-10-4-3-9(12(17)8-10)5-7-22-14(23)11-2-1-6-21-13(11)15(18,19)20/h1-4,6,8H,5,7H2,(H,22,23). The summed E-state index contributed by atoms with van der Waals surface area (Å²) in [6, 6.07) is 6.35. The Labute approximate surface area is 134 Å². The largest absolute Gasteiger partial charge is 0.434 e. The molecule has 122 valence electrons. The number of alkyl halides is 3. The molecule has 1 N–H and O–H groups in total. The van der Waals surface area contributed by atoms with Crippen molar-refractivity contribution in [3.8, 4) is 0 Å². The summed E-state index contributed by atoms with van der Waals surface area (Å²) in [5, 5.41) is 2.56. The highest BCUT2D eigenvalue weighted by molar-refractivity contribution is 6.30. The van der Waals surface area contributed by atoms with Gasteiger partial charge in [-0.2, -0.15) is 13.2 Å². The fourth-order valence-corrected chi connectivity index (χ4v) is 2.10. The van der Waals surface area contributed by atoms with E-state index in [1.165, 1.54) is 18.2 Å². The van der Waals surface area contributed by atoms with Crippen molar-refractivity contribution in [2.45, 2.75) is 12.6 Å². The number of hydrogen-bond acceptors (Lipinski definition) is 2. The highest BCUT2D eigenvalue weighted by atomic mass is 35.5. The molecule has 0 spiro atoms. The third-order valence-corrected chi connectivity index (χ3v) is 3.25. The molecule has 1 aromatic heterocycles. The number of hydrogen-bond donors (Lipinski definition) is 1. The first-order valence-electron chi connectivity index (χ1n) is 6.53. The van der Waals surface area contributed by atoms with E-state index in [9.17, 15) is 22.4 Å². The van der Waals surface area contributed by atoms with E-state index in [0.717, 1.165) is 18.3 Å². The lowest BCUT2D eigenvalue weighted by molar-refractivity contribution is -0.141. The van der Waals surface area contributed by atoms with Gasteiger partial charge in [0.25, 0.3) is 5.91 Å². The first-order chi connectivity index (χ1) is 10.8. The predicted octanol–water partition coefficient (Wildman–Crippen LogP) is 3.87. The molecule has 0 atom stereocenters. The molecule has 3 nitrogen and oxygen atoms in total. The van der Waals surface area contributed by atoms with Gasteiger partial charge in [-0.3, -0.25) is 9.78 Å². The van der Waals surface area contributed by atoms with Crippen LogP contribution in [0.4, 0.5) is 17.6 Å². The van der Waals surface area contributed by atoms with Crippen molar-refractivity contribution < 1.29 is 22.4 Å². The zero-order valence-corrected chi connectivity index (χ0v) is 12.4. The fraction of sp³-hybridized carbons (Fsp3) is 0.200. The number of aromatic nitrogens is 1. The molecule has 0 bridgehead atoms. The Morgan fingerprint density at radius 3 is 2.65 bits per heavy atom. The molecular formula is C15H11ClF4N2O. The van der Waals surface area contributed by atoms with E-state index in [1.54, 1.807) is 0 Å². The second kappa shape index (κ2) is 6.95. The van der Waals surface area contributed by atoms with Crippen molar-refractivity contribution >= 4 is 17.5 Å². The summed E-state index contributed by atoms with van der Waals surface area (Å²) in [6.07, 6.45) is -3.64. The van der Waals surface area contributed by atoms with E-state index in [4.69, 9.17) is 11.6 Å². The van der Waals surface area contributed by atoms with Gasteiger partial charge < -0.3 is 5.32 Å². The van der Waals surface area contributed by atoms with Crippen molar-refractivity contribution in [3.63, 3.8) is 0 Å². The van der Waals surface area contributed by atoms with Gasteiger partial charge in [-0.25, -0.2) is 4.39 Å². The van der Waals surface area contributed by atoms with E-state index < -0.39 is 29.2 Å². The highest BCUT2D eigenvalue weighted by Crippen LogP contribution is 2.29. The second-order valence-electron chi connectivity index (χ2n) is 4.64. The van der Waals surface area contributed by atoms with Crippen molar-refractivity contribution in [1.82, 2.24) is 10.3 Å². The van der Waals surface area contributed by atoms with Crippen molar-refractivity contribution in [1.29, 1.82) is 0 Å². The number of nitrogens with zero attached hydrogens (tertiary/aromatic N) is 1. The van der Waals surface area contributed by atoms with Crippen LogP contribution in [0.15, 0.2) is 36.5 Å². The van der Waals surface area contributed by atoms with E-state index in [-0.39, 0.29) is 18.0 Å². The second-order valence-corrected chi connectivity index (χ2v) is 5.08. The molecule has 1 amide bonds. The lowest BCUT2D eigenvalue weighted by atomic mass is 10.1. The average Bonchev–Trinajstić information content (AvgIpc) is 2.48. The fourth-order valence-electron chi connectivity index (χ4n) is 1.94. The number of carbonyl (C=O) groups is 1. The van der Waals surface area contributed by atoms with Crippen LogP contribution in [-0.2, 0) is 12.6 Å². The summed E-state index contributed by atoms with van der Waals surface area (Å²) in [5.74, 6) is -1.45. The van der Waals surface area contributed by atoms with Gasteiger partial charge in [-0.15, -0.1) is 0 Å². The number of pyridine rings is 1. The summed E-state index contributed by atoms with van der Waals surface area (Å²) in [7, 11) is 0. The molecule has 0 aliphatic heterocycles. The van der Waals surface area contributed by atoms with Crippen LogP contribution < -0.4 is 5.32 Å². The minimum atomic E-state index is -4.73. The Morgan fingerprint density at radius 2 is 2.00 bits per heavy atom. The molecule has 0 aliphatic rings. The molecular weight excluding hydrogens is 336 g/mol. The number of halogens is 5. The highest BCUT2D eigenvalue weighted by Gasteiger charge is 2.36. The maximum Gasteiger partial charge on any atom is 0.434 e.